The quantitative estimate of drug-likeness (QED) is 0.589. The van der Waals surface area contributed by atoms with Gasteiger partial charge in [-0.25, -0.2) is 0 Å². The van der Waals surface area contributed by atoms with Crippen molar-refractivity contribution in [1.29, 1.82) is 0 Å². The van der Waals surface area contributed by atoms with Crippen LogP contribution in [0.5, 0.6) is 0 Å². The van der Waals surface area contributed by atoms with Crippen molar-refractivity contribution in [2.45, 2.75) is 58.9 Å². The van der Waals surface area contributed by atoms with Crippen LogP contribution in [0.1, 0.15) is 53.4 Å². The molecule has 0 saturated heterocycles. The molecule has 0 aliphatic heterocycles. The summed E-state index contributed by atoms with van der Waals surface area (Å²) in [6, 6.07) is 0. The lowest BCUT2D eigenvalue weighted by atomic mass is 9.88. The normalized spacial score (nSPS) is 13.7. The van der Waals surface area contributed by atoms with E-state index >= 15 is 0 Å². The van der Waals surface area contributed by atoms with Gasteiger partial charge in [-0.15, -0.1) is 0 Å². The summed E-state index contributed by atoms with van der Waals surface area (Å²) < 4.78 is 0. The predicted molar refractivity (Wildman–Crippen MR) is 75.2 cm³/mol. The van der Waals surface area contributed by atoms with Gasteiger partial charge in [0.25, 0.3) is 0 Å². The zero-order chi connectivity index (χ0) is 14.2. The SMILES string of the molecule is CC(C)C(CCN)CCC(=O)NC(C)(C)CCO. The van der Waals surface area contributed by atoms with E-state index in [1.807, 2.05) is 13.8 Å². The molecular formula is C14H30N2O2. The molecule has 1 atom stereocenters. The zero-order valence-electron chi connectivity index (χ0n) is 12.3. The minimum Gasteiger partial charge on any atom is -0.396 e. The van der Waals surface area contributed by atoms with Gasteiger partial charge in [0.15, 0.2) is 0 Å². The second-order valence-corrected chi connectivity index (χ2v) is 6.03. The number of nitrogens with one attached hydrogen (secondary N) is 1. The highest BCUT2D eigenvalue weighted by Gasteiger charge is 2.20. The zero-order valence-corrected chi connectivity index (χ0v) is 12.3. The Hall–Kier alpha value is -0.610. The predicted octanol–water partition coefficient (Wildman–Crippen LogP) is 1.66. The lowest BCUT2D eigenvalue weighted by Crippen LogP contribution is -2.44. The van der Waals surface area contributed by atoms with Gasteiger partial charge < -0.3 is 16.2 Å². The monoisotopic (exact) mass is 258 g/mol. The van der Waals surface area contributed by atoms with Gasteiger partial charge in [0.05, 0.1) is 0 Å². The third-order valence-electron chi connectivity index (χ3n) is 3.44. The molecule has 0 rings (SSSR count). The van der Waals surface area contributed by atoms with E-state index in [0.717, 1.165) is 12.8 Å². The number of hydrogen-bond acceptors (Lipinski definition) is 3. The molecular weight excluding hydrogens is 228 g/mol. The van der Waals surface area contributed by atoms with Crippen LogP contribution in [0.15, 0.2) is 0 Å². The van der Waals surface area contributed by atoms with E-state index < -0.39 is 0 Å². The molecule has 108 valence electrons. The van der Waals surface area contributed by atoms with Crippen molar-refractivity contribution in [2.24, 2.45) is 17.6 Å². The third-order valence-corrected chi connectivity index (χ3v) is 3.44. The summed E-state index contributed by atoms with van der Waals surface area (Å²) in [5.74, 6) is 1.14. The number of aliphatic hydroxyl groups is 1. The van der Waals surface area contributed by atoms with Gasteiger partial charge in [0.2, 0.25) is 5.91 Å². The Morgan fingerprint density at radius 3 is 2.39 bits per heavy atom. The highest BCUT2D eigenvalue weighted by molar-refractivity contribution is 5.76. The van der Waals surface area contributed by atoms with Gasteiger partial charge in [0, 0.05) is 18.6 Å². The van der Waals surface area contributed by atoms with Crippen LogP contribution in [0.3, 0.4) is 0 Å². The molecule has 18 heavy (non-hydrogen) atoms. The number of carbonyl (C=O) groups excluding carboxylic acids is 1. The summed E-state index contributed by atoms with van der Waals surface area (Å²) in [6.45, 7) is 8.99. The summed E-state index contributed by atoms with van der Waals surface area (Å²) in [6.07, 6.45) is 2.98. The molecule has 4 heteroatoms. The van der Waals surface area contributed by atoms with Crippen LogP contribution in [0, 0.1) is 11.8 Å². The first kappa shape index (κ1) is 17.4. The molecule has 0 radical (unpaired) electrons. The molecule has 4 N–H and O–H groups in total. The molecule has 0 aliphatic carbocycles. The Labute approximate surface area is 111 Å². The first-order valence-electron chi connectivity index (χ1n) is 6.94. The minimum atomic E-state index is -0.326. The topological polar surface area (TPSA) is 75.4 Å². The highest BCUT2D eigenvalue weighted by atomic mass is 16.3. The van der Waals surface area contributed by atoms with Gasteiger partial charge >= 0.3 is 0 Å². The number of nitrogens with two attached hydrogens (primary N) is 1. The average Bonchev–Trinajstić information content (AvgIpc) is 2.22. The lowest BCUT2D eigenvalue weighted by molar-refractivity contribution is -0.123. The number of carbonyl (C=O) groups is 1. The van der Waals surface area contributed by atoms with Crippen LogP contribution in [0.4, 0.5) is 0 Å². The summed E-state index contributed by atoms with van der Waals surface area (Å²) in [5.41, 5.74) is 5.26. The van der Waals surface area contributed by atoms with Crippen molar-refractivity contribution in [3.63, 3.8) is 0 Å². The number of amides is 1. The van der Waals surface area contributed by atoms with E-state index in [4.69, 9.17) is 10.8 Å². The molecule has 0 bridgehead atoms. The molecule has 0 aromatic heterocycles. The second-order valence-electron chi connectivity index (χ2n) is 6.03. The molecule has 0 aromatic rings. The first-order chi connectivity index (χ1) is 8.32. The fourth-order valence-corrected chi connectivity index (χ4v) is 2.12. The van der Waals surface area contributed by atoms with Crippen molar-refractivity contribution in [2.75, 3.05) is 13.2 Å². The first-order valence-corrected chi connectivity index (χ1v) is 6.94. The molecule has 4 nitrogen and oxygen atoms in total. The molecule has 0 aliphatic rings. The van der Waals surface area contributed by atoms with Crippen molar-refractivity contribution in [1.82, 2.24) is 5.32 Å². The second kappa shape index (κ2) is 8.48. The Morgan fingerprint density at radius 1 is 1.33 bits per heavy atom. The smallest absolute Gasteiger partial charge is 0.220 e. The van der Waals surface area contributed by atoms with Gasteiger partial charge in [-0.1, -0.05) is 13.8 Å². The van der Waals surface area contributed by atoms with Gasteiger partial charge in [-0.2, -0.15) is 0 Å². The Bertz CT molecular complexity index is 240. The molecule has 0 spiro atoms. The lowest BCUT2D eigenvalue weighted by Gasteiger charge is -2.26. The van der Waals surface area contributed by atoms with Crippen molar-refractivity contribution in [3.8, 4) is 0 Å². The van der Waals surface area contributed by atoms with E-state index in [2.05, 4.69) is 19.2 Å². The van der Waals surface area contributed by atoms with Crippen molar-refractivity contribution in [3.05, 3.63) is 0 Å². The fourth-order valence-electron chi connectivity index (χ4n) is 2.12. The molecule has 0 saturated carbocycles. The van der Waals surface area contributed by atoms with E-state index in [9.17, 15) is 4.79 Å². The van der Waals surface area contributed by atoms with Crippen LogP contribution in [-0.2, 0) is 4.79 Å². The molecule has 0 heterocycles. The average molecular weight is 258 g/mol. The van der Waals surface area contributed by atoms with Gasteiger partial charge in [-0.05, 0) is 51.5 Å². The number of aliphatic hydroxyl groups excluding tert-OH is 1. The van der Waals surface area contributed by atoms with Gasteiger partial charge in [-0.3, -0.25) is 4.79 Å². The van der Waals surface area contributed by atoms with Crippen LogP contribution < -0.4 is 11.1 Å². The van der Waals surface area contributed by atoms with E-state index in [-0.39, 0.29) is 18.1 Å². The number of hydrogen-bond donors (Lipinski definition) is 3. The van der Waals surface area contributed by atoms with E-state index in [0.29, 0.717) is 31.2 Å². The third kappa shape index (κ3) is 7.67. The molecule has 1 amide bonds. The standard InChI is InChI=1S/C14H30N2O2/c1-11(2)12(7-9-15)5-6-13(18)16-14(3,4)8-10-17/h11-12,17H,5-10,15H2,1-4H3,(H,16,18). The van der Waals surface area contributed by atoms with Crippen LogP contribution in [0.2, 0.25) is 0 Å². The molecule has 0 aromatic carbocycles. The number of rotatable bonds is 9. The summed E-state index contributed by atoms with van der Waals surface area (Å²) in [7, 11) is 0. The molecule has 0 fully saturated rings. The Morgan fingerprint density at radius 2 is 1.94 bits per heavy atom. The maximum atomic E-state index is 11.8. The van der Waals surface area contributed by atoms with Crippen LogP contribution in [-0.4, -0.2) is 29.7 Å². The fraction of sp³-hybridized carbons (Fsp3) is 0.929. The largest absolute Gasteiger partial charge is 0.396 e. The summed E-state index contributed by atoms with van der Waals surface area (Å²) in [4.78, 5) is 11.8. The van der Waals surface area contributed by atoms with Crippen molar-refractivity contribution < 1.29 is 9.90 Å². The highest BCUT2D eigenvalue weighted by Crippen LogP contribution is 2.20. The molecule has 1 unspecified atom stereocenters. The van der Waals surface area contributed by atoms with Crippen LogP contribution >= 0.6 is 0 Å². The van der Waals surface area contributed by atoms with Crippen molar-refractivity contribution >= 4 is 5.91 Å². The Kier molecular flexibility index (Phi) is 8.20. The van der Waals surface area contributed by atoms with E-state index in [1.165, 1.54) is 0 Å². The summed E-state index contributed by atoms with van der Waals surface area (Å²) in [5, 5.41) is 11.9. The maximum Gasteiger partial charge on any atom is 0.220 e. The maximum absolute atomic E-state index is 11.8. The minimum absolute atomic E-state index is 0.0659. The Balaban J connectivity index is 4.08. The van der Waals surface area contributed by atoms with Gasteiger partial charge in [0.1, 0.15) is 0 Å². The van der Waals surface area contributed by atoms with Crippen LogP contribution in [0.25, 0.3) is 0 Å². The van der Waals surface area contributed by atoms with E-state index in [1.54, 1.807) is 0 Å². The summed E-state index contributed by atoms with van der Waals surface area (Å²) >= 11 is 0.